The maximum absolute atomic E-state index is 4.65. The minimum Gasteiger partial charge on any atom is -0.350 e. The Morgan fingerprint density at radius 3 is 2.64 bits per heavy atom. The summed E-state index contributed by atoms with van der Waals surface area (Å²) >= 11 is 0. The first-order valence-corrected chi connectivity index (χ1v) is 9.65. The summed E-state index contributed by atoms with van der Waals surface area (Å²) in [5.74, 6) is 0.671. The van der Waals surface area contributed by atoms with Gasteiger partial charge in [0.1, 0.15) is 5.52 Å². The second-order valence-electron chi connectivity index (χ2n) is 7.25. The molecule has 142 valence electrons. The summed E-state index contributed by atoms with van der Waals surface area (Å²) in [4.78, 5) is 17.5. The Morgan fingerprint density at radius 1 is 0.964 bits per heavy atom. The summed E-state index contributed by atoms with van der Waals surface area (Å²) in [6.45, 7) is 0. The van der Waals surface area contributed by atoms with Crippen LogP contribution >= 0.6 is 0 Å². The van der Waals surface area contributed by atoms with Crippen LogP contribution in [0.2, 0.25) is 0 Å². The lowest BCUT2D eigenvalue weighted by atomic mass is 9.91. The molecule has 8 heteroatoms. The second-order valence-corrected chi connectivity index (χ2v) is 7.25. The summed E-state index contributed by atoms with van der Waals surface area (Å²) < 4.78 is 1.87. The van der Waals surface area contributed by atoms with Crippen LogP contribution in [0.1, 0.15) is 25.7 Å². The van der Waals surface area contributed by atoms with E-state index in [0.717, 1.165) is 35.0 Å². The first-order valence-electron chi connectivity index (χ1n) is 9.65. The van der Waals surface area contributed by atoms with Crippen LogP contribution in [0.3, 0.4) is 0 Å². The topological polar surface area (TPSA) is 92.9 Å². The van der Waals surface area contributed by atoms with Crippen molar-refractivity contribution in [2.45, 2.75) is 37.8 Å². The highest BCUT2D eigenvalue weighted by Crippen LogP contribution is 2.27. The summed E-state index contributed by atoms with van der Waals surface area (Å²) in [5, 5.41) is 11.5. The van der Waals surface area contributed by atoms with Gasteiger partial charge in [0.25, 0.3) is 0 Å². The molecule has 0 bridgehead atoms. The van der Waals surface area contributed by atoms with Crippen LogP contribution in [0.15, 0.2) is 43.1 Å². The molecule has 0 radical (unpaired) electrons. The van der Waals surface area contributed by atoms with Crippen molar-refractivity contribution in [3.8, 4) is 11.1 Å². The van der Waals surface area contributed by atoms with Gasteiger partial charge >= 0.3 is 0 Å². The molecule has 1 aliphatic carbocycles. The summed E-state index contributed by atoms with van der Waals surface area (Å²) in [5.41, 5.74) is 4.36. The molecule has 0 unspecified atom stereocenters. The Balaban J connectivity index is 1.40. The molecule has 5 rings (SSSR count). The van der Waals surface area contributed by atoms with E-state index in [1.54, 1.807) is 12.4 Å². The van der Waals surface area contributed by atoms with Gasteiger partial charge in [0.15, 0.2) is 5.65 Å². The van der Waals surface area contributed by atoms with Gasteiger partial charge in [-0.05, 0) is 44.9 Å². The first kappa shape index (κ1) is 17.0. The Bertz CT molecular complexity index is 1110. The lowest BCUT2D eigenvalue weighted by Gasteiger charge is -2.28. The SMILES string of the molecule is CN[C@H]1CC[C@@H](Nc2ncc3c(-c4cnc5nccnc5c4)ccn3n2)CC1. The molecule has 4 aromatic heterocycles. The Morgan fingerprint density at radius 2 is 1.79 bits per heavy atom. The highest BCUT2D eigenvalue weighted by atomic mass is 15.3. The zero-order valence-electron chi connectivity index (χ0n) is 15.7. The zero-order chi connectivity index (χ0) is 18.9. The molecule has 4 aromatic rings. The van der Waals surface area contributed by atoms with Crippen LogP contribution in [-0.4, -0.2) is 48.7 Å². The predicted molar refractivity (Wildman–Crippen MR) is 108 cm³/mol. The molecule has 0 atom stereocenters. The van der Waals surface area contributed by atoms with E-state index in [1.165, 1.54) is 12.8 Å². The van der Waals surface area contributed by atoms with Crippen molar-refractivity contribution in [2.24, 2.45) is 0 Å². The van der Waals surface area contributed by atoms with E-state index >= 15 is 0 Å². The molecule has 0 aromatic carbocycles. The van der Waals surface area contributed by atoms with Gasteiger partial charge in [-0.3, -0.25) is 4.98 Å². The van der Waals surface area contributed by atoms with Crippen molar-refractivity contribution in [3.63, 3.8) is 0 Å². The Hall–Kier alpha value is -3.13. The number of aromatic nitrogens is 6. The van der Waals surface area contributed by atoms with E-state index in [2.05, 4.69) is 35.7 Å². The highest BCUT2D eigenvalue weighted by Gasteiger charge is 2.20. The molecule has 1 saturated carbocycles. The minimum atomic E-state index is 0.431. The van der Waals surface area contributed by atoms with Gasteiger partial charge < -0.3 is 10.6 Å². The fourth-order valence-electron chi connectivity index (χ4n) is 3.92. The van der Waals surface area contributed by atoms with Crippen LogP contribution in [0.25, 0.3) is 27.8 Å². The number of hydrogen-bond donors (Lipinski definition) is 2. The molecule has 8 nitrogen and oxygen atoms in total. The highest BCUT2D eigenvalue weighted by molar-refractivity contribution is 5.84. The third-order valence-electron chi connectivity index (χ3n) is 5.52. The molecular weight excluding hydrogens is 352 g/mol. The van der Waals surface area contributed by atoms with E-state index in [9.17, 15) is 0 Å². The lowest BCUT2D eigenvalue weighted by Crippen LogP contribution is -2.35. The van der Waals surface area contributed by atoms with Gasteiger partial charge in [-0.2, -0.15) is 0 Å². The van der Waals surface area contributed by atoms with Crippen LogP contribution < -0.4 is 10.6 Å². The van der Waals surface area contributed by atoms with Crippen molar-refractivity contribution in [1.82, 2.24) is 34.9 Å². The van der Waals surface area contributed by atoms with E-state index in [0.29, 0.717) is 23.7 Å². The van der Waals surface area contributed by atoms with Crippen molar-refractivity contribution >= 4 is 22.6 Å². The number of pyridine rings is 1. The summed E-state index contributed by atoms with van der Waals surface area (Å²) in [6.07, 6.45) is 13.6. The molecular formula is C20H22N8. The molecule has 1 fully saturated rings. The van der Waals surface area contributed by atoms with Crippen molar-refractivity contribution in [1.29, 1.82) is 0 Å². The number of fused-ring (bicyclic) bond motifs is 2. The monoisotopic (exact) mass is 374 g/mol. The standard InChI is InChI=1S/C20H22N8/c1-21-14-2-4-15(5-3-14)26-20-25-12-18-16(6-9-28(18)27-20)13-10-17-19(24-11-13)23-8-7-22-17/h6-12,14-15,21H,2-5H2,1H3,(H,26,27)/t14-,15+. The van der Waals surface area contributed by atoms with E-state index in [4.69, 9.17) is 0 Å². The van der Waals surface area contributed by atoms with Gasteiger partial charge in [0.05, 0.1) is 11.7 Å². The molecule has 4 heterocycles. The largest absolute Gasteiger partial charge is 0.350 e. The van der Waals surface area contributed by atoms with Crippen LogP contribution in [-0.2, 0) is 0 Å². The van der Waals surface area contributed by atoms with Gasteiger partial charge in [-0.15, -0.1) is 5.10 Å². The molecule has 2 N–H and O–H groups in total. The number of anilines is 1. The van der Waals surface area contributed by atoms with E-state index < -0.39 is 0 Å². The van der Waals surface area contributed by atoms with Crippen molar-refractivity contribution in [3.05, 3.63) is 43.1 Å². The molecule has 1 aliphatic rings. The normalized spacial score (nSPS) is 19.9. The van der Waals surface area contributed by atoms with Gasteiger partial charge in [0.2, 0.25) is 5.95 Å². The summed E-state index contributed by atoms with van der Waals surface area (Å²) in [7, 11) is 2.04. The van der Waals surface area contributed by atoms with Crippen LogP contribution in [0.5, 0.6) is 0 Å². The second kappa shape index (κ2) is 7.12. The maximum Gasteiger partial charge on any atom is 0.241 e. The average molecular weight is 374 g/mol. The van der Waals surface area contributed by atoms with Crippen LogP contribution in [0, 0.1) is 0 Å². The van der Waals surface area contributed by atoms with E-state index in [1.807, 2.05) is 42.3 Å². The zero-order valence-corrected chi connectivity index (χ0v) is 15.7. The lowest BCUT2D eigenvalue weighted by molar-refractivity contribution is 0.370. The number of rotatable bonds is 4. The van der Waals surface area contributed by atoms with Gasteiger partial charge in [-0.1, -0.05) is 0 Å². The molecule has 0 saturated heterocycles. The first-order chi connectivity index (χ1) is 13.8. The predicted octanol–water partition coefficient (Wildman–Crippen LogP) is 2.68. The van der Waals surface area contributed by atoms with Crippen molar-refractivity contribution in [2.75, 3.05) is 12.4 Å². The van der Waals surface area contributed by atoms with Crippen LogP contribution in [0.4, 0.5) is 5.95 Å². The Labute approximate surface area is 162 Å². The Kier molecular flexibility index (Phi) is 4.32. The third-order valence-corrected chi connectivity index (χ3v) is 5.52. The molecule has 0 spiro atoms. The smallest absolute Gasteiger partial charge is 0.241 e. The summed E-state index contributed by atoms with van der Waals surface area (Å²) in [6, 6.07) is 5.09. The maximum atomic E-state index is 4.65. The van der Waals surface area contributed by atoms with Gasteiger partial charge in [0, 0.05) is 48.0 Å². The molecule has 0 amide bonds. The minimum absolute atomic E-state index is 0.431. The number of hydrogen-bond acceptors (Lipinski definition) is 7. The van der Waals surface area contributed by atoms with Crippen molar-refractivity contribution < 1.29 is 0 Å². The number of nitrogens with zero attached hydrogens (tertiary/aromatic N) is 6. The molecule has 0 aliphatic heterocycles. The quantitative estimate of drug-likeness (QED) is 0.567. The average Bonchev–Trinajstić information content (AvgIpc) is 3.17. The van der Waals surface area contributed by atoms with Gasteiger partial charge in [-0.25, -0.2) is 19.5 Å². The fraction of sp³-hybridized carbons (Fsp3) is 0.350. The number of nitrogens with one attached hydrogen (secondary N) is 2. The molecule has 28 heavy (non-hydrogen) atoms. The van der Waals surface area contributed by atoms with E-state index in [-0.39, 0.29) is 0 Å². The third kappa shape index (κ3) is 3.16. The fourth-order valence-corrected chi connectivity index (χ4v) is 3.92.